The predicted octanol–water partition coefficient (Wildman–Crippen LogP) is 0.931. The van der Waals surface area contributed by atoms with E-state index in [0.29, 0.717) is 43.6 Å². The summed E-state index contributed by atoms with van der Waals surface area (Å²) in [5, 5.41) is 5.89. The van der Waals surface area contributed by atoms with Crippen LogP contribution in [0.25, 0.3) is 0 Å². The van der Waals surface area contributed by atoms with E-state index in [2.05, 4.69) is 10.6 Å². The Hall–Kier alpha value is -1.80. The Bertz CT molecular complexity index is 1170. The molecule has 0 saturated carbocycles. The summed E-state index contributed by atoms with van der Waals surface area (Å²) in [6.07, 6.45) is -2.60. The van der Waals surface area contributed by atoms with E-state index in [-0.39, 0.29) is 25.7 Å². The van der Waals surface area contributed by atoms with Crippen LogP contribution >= 0.6 is 18.9 Å². The molecule has 10 atom stereocenters. The third kappa shape index (κ3) is 15.1. The maximum atomic E-state index is 12.1. The molecule has 2 radical (unpaired) electrons. The molecule has 0 spiro atoms. The smallest absolute Gasteiger partial charge is 0.324 e. The Kier molecular flexibility index (Phi) is 19.1. The summed E-state index contributed by atoms with van der Waals surface area (Å²) in [7, 11) is 9.02. The van der Waals surface area contributed by atoms with Gasteiger partial charge < -0.3 is 57.7 Å². The van der Waals surface area contributed by atoms with Gasteiger partial charge in [0.1, 0.15) is 38.8 Å². The molecule has 2 aliphatic heterocycles. The average molecular weight is 755 g/mol. The van der Waals surface area contributed by atoms with Crippen molar-refractivity contribution >= 4 is 67.4 Å². The van der Waals surface area contributed by atoms with Crippen LogP contribution in [-0.2, 0) is 73.2 Å². The molecule has 49 heavy (non-hydrogen) atoms. The number of carbonyl (C=O) groups is 4. The van der Waals surface area contributed by atoms with Gasteiger partial charge in [-0.15, -0.1) is 0 Å². The normalized spacial score (nSPS) is 29.3. The van der Waals surface area contributed by atoms with E-state index in [9.17, 15) is 24.1 Å². The molecular weight excluding hydrogens is 706 g/mol. The van der Waals surface area contributed by atoms with Gasteiger partial charge in [-0.25, -0.2) is 0 Å². The zero-order valence-electron chi connectivity index (χ0n) is 28.7. The molecule has 1 amide bonds. The fourth-order valence-electron chi connectivity index (χ4n) is 5.49. The van der Waals surface area contributed by atoms with Crippen molar-refractivity contribution in [3.63, 3.8) is 0 Å². The van der Waals surface area contributed by atoms with Gasteiger partial charge in [0, 0.05) is 67.0 Å². The Labute approximate surface area is 298 Å². The van der Waals surface area contributed by atoms with Crippen LogP contribution in [0.2, 0.25) is 0 Å². The average Bonchev–Trinajstić information content (AvgIpc) is 3.28. The van der Waals surface area contributed by atoms with Crippen molar-refractivity contribution in [1.82, 2.24) is 10.6 Å². The molecule has 3 N–H and O–H groups in total. The Morgan fingerprint density at radius 3 is 2.14 bits per heavy atom. The minimum atomic E-state index is -3.45. The highest BCUT2D eigenvalue weighted by atomic mass is 32.5. The van der Waals surface area contributed by atoms with Crippen LogP contribution in [0.4, 0.5) is 0 Å². The first kappa shape index (κ1) is 43.4. The van der Waals surface area contributed by atoms with E-state index in [1.807, 2.05) is 0 Å². The summed E-state index contributed by atoms with van der Waals surface area (Å²) in [6, 6.07) is -1.66. The lowest BCUT2D eigenvalue weighted by Gasteiger charge is -2.44. The third-order valence-corrected chi connectivity index (χ3v) is 9.57. The number of ether oxygens (including phenoxy) is 7. The molecule has 278 valence electrons. The zero-order valence-corrected chi connectivity index (χ0v) is 31.2. The SMILES string of the molecule is [B][C@@H]1O[C@H](COC)C(OP(O)(=S)OC)[C@@H]1CCCNC(=S)CCCCO[C@@H]1O[C@H](COC(C)=O)[C@H](OC(C)=O)[C@H](OC(C)=O)[C@H]1NC(C)=O. The Morgan fingerprint density at radius 1 is 0.898 bits per heavy atom. The van der Waals surface area contributed by atoms with E-state index in [1.165, 1.54) is 41.9 Å². The standard InChI is InChI=1S/C29H48BN2O14PS2/c1-16(33)32-24-27(43-19(4)36)26(42-18(3)35)22(15-41-17(2)34)45-29(24)40-13-8-7-11-23(48)31-12-9-10-20-25(46-47(37,49)39-6)21(14-38-5)44-28(20)30/h20-22,24-29H,7-15H2,1-6H3,(H,31,48)(H,32,33)(H,37,49)/t20-,21+,22+,24+,25?,26-,27+,28+,29+,47?/m0/s1. The summed E-state index contributed by atoms with van der Waals surface area (Å²) in [5.74, 6) is -2.70. The number of carbonyl (C=O) groups excluding carboxylic acids is 4. The number of rotatable bonds is 20. The highest BCUT2D eigenvalue weighted by Crippen LogP contribution is 2.48. The van der Waals surface area contributed by atoms with Crippen molar-refractivity contribution in [1.29, 1.82) is 0 Å². The molecule has 2 fully saturated rings. The lowest BCUT2D eigenvalue weighted by atomic mass is 9.82. The van der Waals surface area contributed by atoms with Gasteiger partial charge in [0.05, 0.1) is 11.6 Å². The fraction of sp³-hybridized carbons (Fsp3) is 0.828. The van der Waals surface area contributed by atoms with Gasteiger partial charge in [0.25, 0.3) is 0 Å². The minimum Gasteiger partial charge on any atom is -0.463 e. The molecule has 2 aliphatic rings. The van der Waals surface area contributed by atoms with Gasteiger partial charge >= 0.3 is 24.6 Å². The molecule has 0 bridgehead atoms. The lowest BCUT2D eigenvalue weighted by molar-refractivity contribution is -0.277. The minimum absolute atomic E-state index is 0.178. The van der Waals surface area contributed by atoms with Gasteiger partial charge in [-0.05, 0) is 43.9 Å². The highest BCUT2D eigenvalue weighted by Gasteiger charge is 2.51. The number of thiocarbonyl (C=S) groups is 1. The molecule has 2 rings (SSSR count). The maximum absolute atomic E-state index is 12.1. The van der Waals surface area contributed by atoms with E-state index in [1.54, 1.807) is 0 Å². The third-order valence-electron chi connectivity index (χ3n) is 7.55. The van der Waals surface area contributed by atoms with Crippen LogP contribution in [0.15, 0.2) is 0 Å². The summed E-state index contributed by atoms with van der Waals surface area (Å²) < 4.78 is 49.6. The number of methoxy groups -OCH3 is 1. The molecule has 20 heteroatoms. The molecular formula is C29H48BN2O14PS2. The first-order valence-electron chi connectivity index (χ1n) is 15.8. The van der Waals surface area contributed by atoms with Crippen LogP contribution in [0, 0.1) is 5.92 Å². The van der Waals surface area contributed by atoms with Crippen LogP contribution in [-0.4, -0.2) is 131 Å². The van der Waals surface area contributed by atoms with Gasteiger partial charge in [0.2, 0.25) is 5.91 Å². The van der Waals surface area contributed by atoms with E-state index in [0.717, 1.165) is 0 Å². The number of esters is 3. The largest absolute Gasteiger partial charge is 0.463 e. The van der Waals surface area contributed by atoms with Crippen LogP contribution in [0.5, 0.6) is 0 Å². The predicted molar refractivity (Wildman–Crippen MR) is 182 cm³/mol. The second-order valence-electron chi connectivity index (χ2n) is 11.5. The summed E-state index contributed by atoms with van der Waals surface area (Å²) >= 11 is 10.5. The van der Waals surface area contributed by atoms with Crippen molar-refractivity contribution in [2.24, 2.45) is 5.92 Å². The molecule has 16 nitrogen and oxygen atoms in total. The molecule has 2 unspecified atom stereocenters. The van der Waals surface area contributed by atoms with Crippen molar-refractivity contribution in [3.05, 3.63) is 0 Å². The van der Waals surface area contributed by atoms with E-state index >= 15 is 0 Å². The second kappa shape index (κ2) is 21.5. The molecule has 0 aromatic heterocycles. The van der Waals surface area contributed by atoms with E-state index < -0.39 is 79.4 Å². The van der Waals surface area contributed by atoms with Crippen molar-refractivity contribution in [3.8, 4) is 0 Å². The van der Waals surface area contributed by atoms with Gasteiger partial charge in [-0.1, -0.05) is 12.2 Å². The molecule has 0 aromatic rings. The first-order chi connectivity index (χ1) is 23.1. The molecule has 2 saturated heterocycles. The van der Waals surface area contributed by atoms with Crippen molar-refractivity contribution < 1.29 is 66.3 Å². The Morgan fingerprint density at radius 2 is 1.55 bits per heavy atom. The van der Waals surface area contributed by atoms with Crippen molar-refractivity contribution in [2.75, 3.05) is 40.6 Å². The zero-order chi connectivity index (χ0) is 36.7. The monoisotopic (exact) mass is 754 g/mol. The summed E-state index contributed by atoms with van der Waals surface area (Å²) in [6.45, 7) is 2.01. The molecule has 0 aliphatic carbocycles. The van der Waals surface area contributed by atoms with Crippen molar-refractivity contribution in [2.45, 2.75) is 109 Å². The van der Waals surface area contributed by atoms with Gasteiger partial charge in [-0.3, -0.25) is 19.2 Å². The van der Waals surface area contributed by atoms with Gasteiger partial charge in [0.15, 0.2) is 18.5 Å². The number of hydrogen-bond donors (Lipinski definition) is 3. The van der Waals surface area contributed by atoms with E-state index in [4.69, 9.17) is 74.1 Å². The Balaban J connectivity index is 1.90. The maximum Gasteiger partial charge on any atom is 0.324 e. The molecule has 2 heterocycles. The number of hydrogen-bond acceptors (Lipinski definition) is 15. The number of unbranched alkanes of at least 4 members (excludes halogenated alkanes) is 1. The van der Waals surface area contributed by atoms with Crippen LogP contribution < -0.4 is 10.6 Å². The quantitative estimate of drug-likeness (QED) is 0.0396. The highest BCUT2D eigenvalue weighted by molar-refractivity contribution is 8.07. The topological polar surface area (TPSA) is 196 Å². The summed E-state index contributed by atoms with van der Waals surface area (Å²) in [4.78, 5) is 58.4. The number of nitrogens with one attached hydrogen (secondary N) is 2. The first-order valence-corrected chi connectivity index (χ1v) is 18.8. The summed E-state index contributed by atoms with van der Waals surface area (Å²) in [5.41, 5.74) is 0. The number of amides is 1. The molecule has 0 aromatic carbocycles. The lowest BCUT2D eigenvalue weighted by Crippen LogP contribution is -2.66. The van der Waals surface area contributed by atoms with Crippen LogP contribution in [0.1, 0.15) is 59.8 Å². The fourth-order valence-corrected chi connectivity index (χ4v) is 6.72. The second-order valence-corrected chi connectivity index (χ2v) is 14.9. The van der Waals surface area contributed by atoms with Gasteiger partial charge in [-0.2, -0.15) is 0 Å². The van der Waals surface area contributed by atoms with Crippen LogP contribution in [0.3, 0.4) is 0 Å².